The maximum Gasteiger partial charge on any atom is 0.310 e. The molecular weight excluding hydrogens is 358 g/mol. The summed E-state index contributed by atoms with van der Waals surface area (Å²) in [6, 6.07) is 12.9. The molecule has 0 aliphatic carbocycles. The van der Waals surface area contributed by atoms with Crippen LogP contribution in [0.1, 0.15) is 35.7 Å². The van der Waals surface area contributed by atoms with E-state index in [1.165, 1.54) is 6.26 Å². The molecule has 0 aliphatic heterocycles. The molecule has 1 N–H and O–H groups in total. The Hall–Kier alpha value is -3.35. The first-order valence-corrected chi connectivity index (χ1v) is 9.04. The average Bonchev–Trinajstić information content (AvgIpc) is 3.31. The van der Waals surface area contributed by atoms with Crippen molar-refractivity contribution < 1.29 is 18.7 Å². The van der Waals surface area contributed by atoms with Gasteiger partial charge >= 0.3 is 5.97 Å². The van der Waals surface area contributed by atoms with Gasteiger partial charge in [0.15, 0.2) is 6.61 Å². The van der Waals surface area contributed by atoms with Gasteiger partial charge in [-0.05, 0) is 45.0 Å². The van der Waals surface area contributed by atoms with Crippen LogP contribution in [0.2, 0.25) is 0 Å². The van der Waals surface area contributed by atoms with Crippen molar-refractivity contribution in [1.82, 2.24) is 15.1 Å². The quantitative estimate of drug-likeness (QED) is 0.636. The number of benzene rings is 1. The van der Waals surface area contributed by atoms with Gasteiger partial charge in [0, 0.05) is 11.3 Å². The maximum absolute atomic E-state index is 12.2. The van der Waals surface area contributed by atoms with Crippen molar-refractivity contribution in [3.05, 3.63) is 71.4 Å². The standard InChI is InChI=1S/C21H23N3O4/c1-14-18(16(3)24(23-14)17-8-5-4-6-9-17)12-21(26)28-13-20(25)22-15(2)19-10-7-11-27-19/h4-11,15H,12-13H2,1-3H3,(H,22,25)/t15-/m1/s1. The molecule has 0 saturated carbocycles. The van der Waals surface area contributed by atoms with Crippen LogP contribution in [-0.2, 0) is 20.7 Å². The van der Waals surface area contributed by atoms with E-state index in [9.17, 15) is 9.59 Å². The van der Waals surface area contributed by atoms with Crippen LogP contribution in [0.5, 0.6) is 0 Å². The third kappa shape index (κ3) is 4.49. The number of esters is 1. The van der Waals surface area contributed by atoms with E-state index >= 15 is 0 Å². The highest BCUT2D eigenvalue weighted by Gasteiger charge is 2.18. The minimum atomic E-state index is -0.473. The molecule has 7 nitrogen and oxygen atoms in total. The zero-order valence-corrected chi connectivity index (χ0v) is 16.1. The summed E-state index contributed by atoms with van der Waals surface area (Å²) in [5.74, 6) is -0.218. The van der Waals surface area contributed by atoms with Gasteiger partial charge in [-0.2, -0.15) is 5.10 Å². The number of para-hydroxylation sites is 1. The minimum absolute atomic E-state index is 0.0610. The SMILES string of the molecule is Cc1nn(-c2ccccc2)c(C)c1CC(=O)OCC(=O)N[C@H](C)c1ccco1. The molecule has 1 atom stereocenters. The van der Waals surface area contributed by atoms with Crippen LogP contribution in [0.3, 0.4) is 0 Å². The lowest BCUT2D eigenvalue weighted by atomic mass is 10.1. The van der Waals surface area contributed by atoms with Crippen LogP contribution in [0.4, 0.5) is 0 Å². The van der Waals surface area contributed by atoms with Crippen LogP contribution in [0, 0.1) is 13.8 Å². The number of nitrogens with one attached hydrogen (secondary N) is 1. The Balaban J connectivity index is 1.56. The Morgan fingerprint density at radius 2 is 1.93 bits per heavy atom. The Kier molecular flexibility index (Phi) is 5.93. The van der Waals surface area contributed by atoms with Gasteiger partial charge < -0.3 is 14.5 Å². The molecule has 0 unspecified atom stereocenters. The van der Waals surface area contributed by atoms with Crippen LogP contribution >= 0.6 is 0 Å². The zero-order chi connectivity index (χ0) is 20.1. The Morgan fingerprint density at radius 3 is 2.61 bits per heavy atom. The van der Waals surface area contributed by atoms with Gasteiger partial charge in [0.25, 0.3) is 5.91 Å². The number of ether oxygens (including phenoxy) is 1. The highest BCUT2D eigenvalue weighted by molar-refractivity contribution is 5.81. The summed E-state index contributed by atoms with van der Waals surface area (Å²) in [6.07, 6.45) is 1.60. The number of aromatic nitrogens is 2. The van der Waals surface area contributed by atoms with Gasteiger partial charge in [-0.15, -0.1) is 0 Å². The smallest absolute Gasteiger partial charge is 0.310 e. The lowest BCUT2D eigenvalue weighted by Crippen LogP contribution is -2.31. The van der Waals surface area contributed by atoms with Gasteiger partial charge in [0.05, 0.1) is 30.1 Å². The van der Waals surface area contributed by atoms with Crippen molar-refractivity contribution in [1.29, 1.82) is 0 Å². The first-order chi connectivity index (χ1) is 13.5. The van der Waals surface area contributed by atoms with Crippen LogP contribution < -0.4 is 5.32 Å². The lowest BCUT2D eigenvalue weighted by molar-refractivity contribution is -0.148. The predicted octanol–water partition coefficient (Wildman–Crippen LogP) is 3.05. The lowest BCUT2D eigenvalue weighted by Gasteiger charge is -2.11. The topological polar surface area (TPSA) is 86.4 Å². The molecule has 0 fully saturated rings. The molecule has 0 radical (unpaired) electrons. The summed E-state index contributed by atoms with van der Waals surface area (Å²) in [5, 5.41) is 7.24. The normalized spacial score (nSPS) is 11.8. The number of carbonyl (C=O) groups is 2. The Bertz CT molecular complexity index is 946. The fourth-order valence-electron chi connectivity index (χ4n) is 2.98. The second-order valence-corrected chi connectivity index (χ2v) is 6.54. The second kappa shape index (κ2) is 8.56. The zero-order valence-electron chi connectivity index (χ0n) is 16.1. The molecule has 7 heteroatoms. The molecular formula is C21H23N3O4. The Labute approximate surface area is 163 Å². The van der Waals surface area contributed by atoms with Gasteiger partial charge in [-0.25, -0.2) is 4.68 Å². The summed E-state index contributed by atoms with van der Waals surface area (Å²) >= 11 is 0. The van der Waals surface area contributed by atoms with Gasteiger partial charge in [-0.1, -0.05) is 18.2 Å². The van der Waals surface area contributed by atoms with E-state index in [-0.39, 0.29) is 25.0 Å². The summed E-state index contributed by atoms with van der Waals surface area (Å²) in [4.78, 5) is 24.2. The third-order valence-corrected chi connectivity index (χ3v) is 4.47. The number of aryl methyl sites for hydroxylation is 1. The van der Waals surface area contributed by atoms with Crippen molar-refractivity contribution in [3.63, 3.8) is 0 Å². The number of rotatable bonds is 7. The van der Waals surface area contributed by atoms with Crippen LogP contribution in [0.15, 0.2) is 53.1 Å². The van der Waals surface area contributed by atoms with Crippen molar-refractivity contribution in [2.45, 2.75) is 33.2 Å². The maximum atomic E-state index is 12.2. The first-order valence-electron chi connectivity index (χ1n) is 9.04. The van der Waals surface area contributed by atoms with Crippen molar-refractivity contribution in [3.8, 4) is 5.69 Å². The molecule has 146 valence electrons. The van der Waals surface area contributed by atoms with E-state index in [1.54, 1.807) is 23.7 Å². The molecule has 28 heavy (non-hydrogen) atoms. The van der Waals surface area contributed by atoms with Gasteiger partial charge in [0.1, 0.15) is 5.76 Å². The van der Waals surface area contributed by atoms with E-state index in [2.05, 4.69) is 10.4 Å². The molecule has 2 aromatic heterocycles. The molecule has 2 heterocycles. The molecule has 3 aromatic rings. The minimum Gasteiger partial charge on any atom is -0.467 e. The molecule has 0 spiro atoms. The van der Waals surface area contributed by atoms with Crippen molar-refractivity contribution in [2.24, 2.45) is 0 Å². The van der Waals surface area contributed by atoms with E-state index in [0.717, 1.165) is 22.6 Å². The van der Waals surface area contributed by atoms with E-state index in [1.807, 2.05) is 44.2 Å². The molecule has 0 aliphatic rings. The van der Waals surface area contributed by atoms with Gasteiger partial charge in [0.2, 0.25) is 0 Å². The number of amides is 1. The average molecular weight is 381 g/mol. The predicted molar refractivity (Wildman–Crippen MR) is 103 cm³/mol. The third-order valence-electron chi connectivity index (χ3n) is 4.47. The van der Waals surface area contributed by atoms with Gasteiger partial charge in [-0.3, -0.25) is 9.59 Å². The fourth-order valence-corrected chi connectivity index (χ4v) is 2.98. The second-order valence-electron chi connectivity index (χ2n) is 6.54. The monoisotopic (exact) mass is 381 g/mol. The molecule has 0 bridgehead atoms. The van der Waals surface area contributed by atoms with Crippen LogP contribution in [-0.4, -0.2) is 28.3 Å². The number of nitrogens with zero attached hydrogens (tertiary/aromatic N) is 2. The number of hydrogen-bond acceptors (Lipinski definition) is 5. The van der Waals surface area contributed by atoms with Crippen molar-refractivity contribution >= 4 is 11.9 Å². The molecule has 1 amide bonds. The van der Waals surface area contributed by atoms with E-state index in [0.29, 0.717) is 5.76 Å². The Morgan fingerprint density at radius 1 is 1.18 bits per heavy atom. The largest absolute Gasteiger partial charge is 0.467 e. The first kappa shape index (κ1) is 19.4. The highest BCUT2D eigenvalue weighted by atomic mass is 16.5. The number of hydrogen-bond donors (Lipinski definition) is 1. The summed E-state index contributed by atoms with van der Waals surface area (Å²) in [5.41, 5.74) is 3.36. The summed E-state index contributed by atoms with van der Waals surface area (Å²) in [6.45, 7) is 5.22. The number of carbonyl (C=O) groups excluding carboxylic acids is 2. The fraction of sp³-hybridized carbons (Fsp3) is 0.286. The van der Waals surface area contributed by atoms with E-state index < -0.39 is 5.97 Å². The molecule has 1 aromatic carbocycles. The highest BCUT2D eigenvalue weighted by Crippen LogP contribution is 2.18. The molecule has 3 rings (SSSR count). The van der Waals surface area contributed by atoms with E-state index in [4.69, 9.17) is 9.15 Å². The summed E-state index contributed by atoms with van der Waals surface area (Å²) in [7, 11) is 0. The van der Waals surface area contributed by atoms with Crippen molar-refractivity contribution in [2.75, 3.05) is 6.61 Å². The number of furan rings is 1. The van der Waals surface area contributed by atoms with Crippen LogP contribution in [0.25, 0.3) is 5.69 Å². The molecule has 0 saturated heterocycles. The summed E-state index contributed by atoms with van der Waals surface area (Å²) < 4.78 is 12.2.